The van der Waals surface area contributed by atoms with Gasteiger partial charge >= 0.3 is 12.4 Å². The van der Waals surface area contributed by atoms with Crippen LogP contribution in [0.1, 0.15) is 23.6 Å². The number of pyridine rings is 1. The molecule has 1 aliphatic heterocycles. The Kier molecular flexibility index (Phi) is 7.64. The highest BCUT2D eigenvalue weighted by atomic mass is 35.5. The number of nitrogens with zero attached hydrogens (tertiary/aromatic N) is 4. The number of alkyl halides is 6. The van der Waals surface area contributed by atoms with E-state index < -0.39 is 23.5 Å². The first-order chi connectivity index (χ1) is 19.3. The van der Waals surface area contributed by atoms with Crippen LogP contribution in [0.5, 0.6) is 0 Å². The summed E-state index contributed by atoms with van der Waals surface area (Å²) in [6.45, 7) is 3.28. The molecular formula is C28H24ClF6N5O. The van der Waals surface area contributed by atoms with Crippen LogP contribution in [0.25, 0.3) is 22.5 Å². The number of aliphatic hydroxyl groups is 1. The summed E-state index contributed by atoms with van der Waals surface area (Å²) in [6.07, 6.45) is -7.48. The second-order valence-corrected chi connectivity index (χ2v) is 10.1. The molecule has 1 aliphatic rings. The first-order valence-electron chi connectivity index (χ1n) is 12.6. The van der Waals surface area contributed by atoms with E-state index >= 15 is 0 Å². The van der Waals surface area contributed by atoms with Crippen molar-refractivity contribution in [3.63, 3.8) is 0 Å². The zero-order chi connectivity index (χ0) is 29.5. The van der Waals surface area contributed by atoms with Crippen LogP contribution in [0.15, 0.2) is 60.8 Å². The Labute approximate surface area is 236 Å². The van der Waals surface area contributed by atoms with Crippen LogP contribution < -0.4 is 9.80 Å². The smallest absolute Gasteiger partial charge is 0.392 e. The molecule has 13 heteroatoms. The second-order valence-electron chi connectivity index (χ2n) is 9.73. The van der Waals surface area contributed by atoms with Gasteiger partial charge in [0.2, 0.25) is 5.95 Å². The molecule has 2 aromatic carbocycles. The number of hydrogen-bond acceptors (Lipinski definition) is 5. The first-order valence-corrected chi connectivity index (χ1v) is 12.9. The topological polar surface area (TPSA) is 68.3 Å². The maximum Gasteiger partial charge on any atom is 0.416 e. The van der Waals surface area contributed by atoms with Crippen LogP contribution in [0, 0.1) is 0 Å². The fourth-order valence-electron chi connectivity index (χ4n) is 4.81. The van der Waals surface area contributed by atoms with E-state index in [9.17, 15) is 31.4 Å². The minimum Gasteiger partial charge on any atom is -0.392 e. The largest absolute Gasteiger partial charge is 0.416 e. The molecule has 1 saturated heterocycles. The number of halogens is 7. The second kappa shape index (κ2) is 10.9. The van der Waals surface area contributed by atoms with Crippen LogP contribution in [-0.4, -0.2) is 45.7 Å². The molecule has 0 spiro atoms. The van der Waals surface area contributed by atoms with Gasteiger partial charge in [0.25, 0.3) is 0 Å². The van der Waals surface area contributed by atoms with Crippen molar-refractivity contribution in [2.75, 3.05) is 29.4 Å². The Morgan fingerprint density at radius 3 is 2.02 bits per heavy atom. The summed E-state index contributed by atoms with van der Waals surface area (Å²) in [6, 6.07) is 10.5. The highest BCUT2D eigenvalue weighted by molar-refractivity contribution is 6.33. The van der Waals surface area contributed by atoms with Crippen molar-refractivity contribution in [2.45, 2.75) is 31.9 Å². The molecule has 0 aliphatic carbocycles. The standard InChI is InChI=1S/C28H24ClF6N5O/c1-16-14-39(25-22(29)12-17(15-41)13-36-25)10-11-40(16)26-37-23(18-2-6-20(7-3-18)27(30,31)32)24(38-26)19-4-8-21(9-5-19)28(33,34)35/h2-9,12-13,16,41H,10-11,14-15H2,1H3,(H,37,38). The van der Waals surface area contributed by atoms with E-state index in [-0.39, 0.29) is 12.6 Å². The lowest BCUT2D eigenvalue weighted by molar-refractivity contribution is -0.138. The summed E-state index contributed by atoms with van der Waals surface area (Å²) in [4.78, 5) is 16.3. The fourth-order valence-corrected chi connectivity index (χ4v) is 5.12. The molecule has 4 aromatic rings. The van der Waals surface area contributed by atoms with E-state index in [4.69, 9.17) is 16.6 Å². The van der Waals surface area contributed by atoms with Gasteiger partial charge in [0.15, 0.2) is 0 Å². The number of H-pyrrole nitrogens is 1. The number of aliphatic hydroxyl groups excluding tert-OH is 1. The summed E-state index contributed by atoms with van der Waals surface area (Å²) < 4.78 is 79.0. The molecule has 0 saturated carbocycles. The van der Waals surface area contributed by atoms with Gasteiger partial charge in [0, 0.05) is 43.0 Å². The lowest BCUT2D eigenvalue weighted by atomic mass is 10.0. The van der Waals surface area contributed by atoms with Crippen LogP contribution in [0.2, 0.25) is 5.02 Å². The van der Waals surface area contributed by atoms with Crippen LogP contribution in [0.4, 0.5) is 38.1 Å². The number of aromatic nitrogens is 3. The van der Waals surface area contributed by atoms with Gasteiger partial charge in [-0.05, 0) is 42.8 Å². The lowest BCUT2D eigenvalue weighted by Crippen LogP contribution is -2.52. The van der Waals surface area contributed by atoms with E-state index in [1.807, 2.05) is 16.7 Å². The monoisotopic (exact) mass is 595 g/mol. The quantitative estimate of drug-likeness (QED) is 0.242. The fraction of sp³-hybridized carbons (Fsp3) is 0.286. The van der Waals surface area contributed by atoms with Gasteiger partial charge in [0.1, 0.15) is 5.82 Å². The van der Waals surface area contributed by atoms with Gasteiger partial charge in [0.05, 0.1) is 34.1 Å². The van der Waals surface area contributed by atoms with Crippen molar-refractivity contribution in [3.8, 4) is 22.5 Å². The molecular weight excluding hydrogens is 572 g/mol. The maximum atomic E-state index is 13.2. The molecule has 2 aromatic heterocycles. The maximum absolute atomic E-state index is 13.2. The van der Waals surface area contributed by atoms with Crippen molar-refractivity contribution in [2.24, 2.45) is 0 Å². The van der Waals surface area contributed by atoms with Gasteiger partial charge in [-0.25, -0.2) is 9.97 Å². The Morgan fingerprint density at radius 2 is 1.51 bits per heavy atom. The minimum absolute atomic E-state index is 0.119. The van der Waals surface area contributed by atoms with E-state index in [0.29, 0.717) is 64.5 Å². The van der Waals surface area contributed by atoms with Crippen LogP contribution in [-0.2, 0) is 19.0 Å². The molecule has 1 fully saturated rings. The Balaban J connectivity index is 1.48. The third-order valence-corrected chi connectivity index (χ3v) is 7.22. The predicted molar refractivity (Wildman–Crippen MR) is 144 cm³/mol. The molecule has 41 heavy (non-hydrogen) atoms. The van der Waals surface area contributed by atoms with E-state index in [2.05, 4.69) is 9.97 Å². The molecule has 1 atom stereocenters. The number of piperazine rings is 1. The Bertz CT molecular complexity index is 1440. The van der Waals surface area contributed by atoms with Crippen LogP contribution >= 0.6 is 11.6 Å². The van der Waals surface area contributed by atoms with Crippen molar-refractivity contribution >= 4 is 23.4 Å². The van der Waals surface area contributed by atoms with E-state index in [1.54, 1.807) is 12.3 Å². The number of aromatic amines is 1. The number of rotatable bonds is 5. The number of hydrogen-bond donors (Lipinski definition) is 2. The third-order valence-electron chi connectivity index (χ3n) is 6.94. The molecule has 0 radical (unpaired) electrons. The lowest BCUT2D eigenvalue weighted by Gasteiger charge is -2.40. The number of nitrogens with one attached hydrogen (secondary N) is 1. The van der Waals surface area contributed by atoms with E-state index in [1.165, 1.54) is 24.3 Å². The first kappa shape index (κ1) is 28.7. The predicted octanol–water partition coefficient (Wildman–Crippen LogP) is 7.04. The molecule has 2 N–H and O–H groups in total. The summed E-state index contributed by atoms with van der Waals surface area (Å²) >= 11 is 6.39. The zero-order valence-corrected chi connectivity index (χ0v) is 22.3. The van der Waals surface area contributed by atoms with Crippen molar-refractivity contribution in [3.05, 3.63) is 82.5 Å². The highest BCUT2D eigenvalue weighted by Gasteiger charge is 2.33. The summed E-state index contributed by atoms with van der Waals surface area (Å²) in [5, 5.41) is 9.73. The minimum atomic E-state index is -4.52. The van der Waals surface area contributed by atoms with Gasteiger partial charge in [-0.15, -0.1) is 0 Å². The van der Waals surface area contributed by atoms with Gasteiger partial charge in [-0.3, -0.25) is 0 Å². The van der Waals surface area contributed by atoms with Crippen molar-refractivity contribution < 1.29 is 31.4 Å². The molecule has 0 bridgehead atoms. The molecule has 0 amide bonds. The molecule has 5 rings (SSSR count). The number of imidazole rings is 1. The SMILES string of the molecule is CC1CN(c2ncc(CO)cc2Cl)CCN1c1nc(-c2ccc(C(F)(F)F)cc2)c(-c2ccc(C(F)(F)F)cc2)[nH]1. The summed E-state index contributed by atoms with van der Waals surface area (Å²) in [5.74, 6) is 1.00. The molecule has 216 valence electrons. The average molecular weight is 596 g/mol. The van der Waals surface area contributed by atoms with Gasteiger partial charge < -0.3 is 19.9 Å². The van der Waals surface area contributed by atoms with Gasteiger partial charge in [-0.2, -0.15) is 26.3 Å². The zero-order valence-electron chi connectivity index (χ0n) is 21.6. The summed E-state index contributed by atoms with van der Waals surface area (Å²) in [7, 11) is 0. The summed E-state index contributed by atoms with van der Waals surface area (Å²) in [5.41, 5.74) is 0.421. The molecule has 1 unspecified atom stereocenters. The van der Waals surface area contributed by atoms with E-state index in [0.717, 1.165) is 24.3 Å². The highest BCUT2D eigenvalue weighted by Crippen LogP contribution is 2.38. The third kappa shape index (κ3) is 5.98. The average Bonchev–Trinajstić information content (AvgIpc) is 3.37. The van der Waals surface area contributed by atoms with Crippen molar-refractivity contribution in [1.82, 2.24) is 15.0 Å². The number of anilines is 2. The molecule has 3 heterocycles. The Morgan fingerprint density at radius 1 is 0.927 bits per heavy atom. The van der Waals surface area contributed by atoms with Gasteiger partial charge in [-0.1, -0.05) is 35.9 Å². The molecule has 6 nitrogen and oxygen atoms in total. The van der Waals surface area contributed by atoms with Crippen molar-refractivity contribution in [1.29, 1.82) is 0 Å². The normalized spacial score (nSPS) is 16.4. The van der Waals surface area contributed by atoms with Crippen LogP contribution in [0.3, 0.4) is 0 Å². The number of benzene rings is 2. The Hall–Kier alpha value is -3.77.